The maximum atomic E-state index is 10.4. The molecule has 0 radical (unpaired) electrons. The van der Waals surface area contributed by atoms with Crippen molar-refractivity contribution in [2.24, 2.45) is 5.92 Å². The molecule has 2 aromatic heterocycles. The van der Waals surface area contributed by atoms with E-state index >= 15 is 0 Å². The maximum absolute atomic E-state index is 10.4. The van der Waals surface area contributed by atoms with Crippen LogP contribution in [0.15, 0.2) is 18.6 Å². The Morgan fingerprint density at radius 3 is 2.74 bits per heavy atom. The van der Waals surface area contributed by atoms with Gasteiger partial charge in [0, 0.05) is 37.3 Å². The fourth-order valence-corrected chi connectivity index (χ4v) is 5.65. The van der Waals surface area contributed by atoms with E-state index in [0.717, 1.165) is 42.7 Å². The molecule has 2 aliphatic heterocycles. The molecule has 0 spiro atoms. The third-order valence-electron chi connectivity index (χ3n) is 5.74. The number of alkyl halides is 1. The molecular formula is C19H27ClN4O2S. The summed E-state index contributed by atoms with van der Waals surface area (Å²) in [6.07, 6.45) is 5.65. The summed E-state index contributed by atoms with van der Waals surface area (Å²) in [5.74, 6) is 0.341. The van der Waals surface area contributed by atoms with Gasteiger partial charge in [0.05, 0.1) is 28.6 Å². The van der Waals surface area contributed by atoms with Gasteiger partial charge in [0.1, 0.15) is 11.9 Å². The monoisotopic (exact) mass is 410 g/mol. The van der Waals surface area contributed by atoms with E-state index in [1.165, 1.54) is 4.88 Å². The molecule has 2 atom stereocenters. The normalized spacial score (nSPS) is 25.1. The average Bonchev–Trinajstić information content (AvgIpc) is 3.05. The van der Waals surface area contributed by atoms with Crippen molar-refractivity contribution in [3.63, 3.8) is 0 Å². The molecule has 2 fully saturated rings. The van der Waals surface area contributed by atoms with Gasteiger partial charge in [0.25, 0.3) is 0 Å². The highest BCUT2D eigenvalue weighted by Crippen LogP contribution is 2.38. The number of aliphatic hydroxyl groups is 1. The Hall–Kier alpha value is -0.830. The number of fused-ring (bicyclic) bond motifs is 1. The van der Waals surface area contributed by atoms with Gasteiger partial charge in [-0.2, -0.15) is 0 Å². The third-order valence-corrected chi connectivity index (χ3v) is 7.11. The zero-order valence-corrected chi connectivity index (χ0v) is 17.4. The third kappa shape index (κ3) is 4.28. The first-order valence-electron chi connectivity index (χ1n) is 9.57. The van der Waals surface area contributed by atoms with E-state index in [-0.39, 0.29) is 11.7 Å². The summed E-state index contributed by atoms with van der Waals surface area (Å²) in [7, 11) is 0. The summed E-state index contributed by atoms with van der Waals surface area (Å²) in [5.41, 5.74) is 0.107. The SMILES string of the molecule is CC(C)(O)C1CCN(C(c2cc3ncncc3s2)N2CCOC(Cl)C2)CC1. The molecule has 2 saturated heterocycles. The summed E-state index contributed by atoms with van der Waals surface area (Å²) in [5, 5.41) is 10.4. The molecule has 4 heterocycles. The van der Waals surface area contributed by atoms with Crippen LogP contribution < -0.4 is 0 Å². The molecule has 148 valence electrons. The highest BCUT2D eigenvalue weighted by atomic mass is 35.5. The van der Waals surface area contributed by atoms with Crippen LogP contribution in [0.2, 0.25) is 0 Å². The molecule has 1 N–H and O–H groups in total. The van der Waals surface area contributed by atoms with Crippen molar-refractivity contribution in [3.05, 3.63) is 23.5 Å². The van der Waals surface area contributed by atoms with Crippen LogP contribution in [-0.2, 0) is 4.74 Å². The quantitative estimate of drug-likeness (QED) is 0.781. The minimum atomic E-state index is -0.616. The molecule has 27 heavy (non-hydrogen) atoms. The van der Waals surface area contributed by atoms with E-state index in [0.29, 0.717) is 19.1 Å². The number of piperidine rings is 1. The second kappa shape index (κ2) is 7.89. The van der Waals surface area contributed by atoms with Gasteiger partial charge in [-0.05, 0) is 38.7 Å². The number of halogens is 1. The smallest absolute Gasteiger partial charge is 0.143 e. The summed E-state index contributed by atoms with van der Waals surface area (Å²) < 4.78 is 6.67. The van der Waals surface area contributed by atoms with Gasteiger partial charge in [0.15, 0.2) is 0 Å². The number of ether oxygens (including phenoxy) is 1. The lowest BCUT2D eigenvalue weighted by Gasteiger charge is -2.46. The summed E-state index contributed by atoms with van der Waals surface area (Å²) >= 11 is 8.07. The van der Waals surface area contributed by atoms with Crippen molar-refractivity contribution in [3.8, 4) is 0 Å². The van der Waals surface area contributed by atoms with E-state index in [1.807, 2.05) is 20.0 Å². The van der Waals surface area contributed by atoms with Crippen LogP contribution in [-0.4, -0.2) is 68.8 Å². The number of morpholine rings is 1. The number of hydrogen-bond donors (Lipinski definition) is 1. The second-order valence-corrected chi connectivity index (χ2v) is 9.64. The molecule has 4 rings (SSSR count). The number of thiophene rings is 1. The molecule has 0 amide bonds. The zero-order valence-electron chi connectivity index (χ0n) is 15.8. The first-order chi connectivity index (χ1) is 12.9. The van der Waals surface area contributed by atoms with Gasteiger partial charge in [-0.15, -0.1) is 11.3 Å². The summed E-state index contributed by atoms with van der Waals surface area (Å²) in [6, 6.07) is 2.19. The molecule has 0 saturated carbocycles. The van der Waals surface area contributed by atoms with Gasteiger partial charge in [-0.1, -0.05) is 11.6 Å². The molecule has 0 aromatic carbocycles. The van der Waals surface area contributed by atoms with Crippen molar-refractivity contribution in [2.75, 3.05) is 32.8 Å². The Bertz CT molecular complexity index is 739. The van der Waals surface area contributed by atoms with Crippen molar-refractivity contribution < 1.29 is 9.84 Å². The number of aromatic nitrogens is 2. The summed E-state index contributed by atoms with van der Waals surface area (Å²) in [6.45, 7) is 7.99. The molecule has 0 bridgehead atoms. The lowest BCUT2D eigenvalue weighted by molar-refractivity contribution is -0.0712. The van der Waals surface area contributed by atoms with Crippen molar-refractivity contribution in [1.29, 1.82) is 0 Å². The molecule has 6 nitrogen and oxygen atoms in total. The minimum Gasteiger partial charge on any atom is -0.390 e. The van der Waals surface area contributed by atoms with Crippen LogP contribution in [0.25, 0.3) is 10.2 Å². The first kappa shape index (κ1) is 19.5. The Morgan fingerprint density at radius 1 is 1.30 bits per heavy atom. The first-order valence-corrected chi connectivity index (χ1v) is 10.8. The Balaban J connectivity index is 1.60. The minimum absolute atomic E-state index is 0.164. The standard InChI is InChI=1S/C19H27ClN4O2S/c1-19(2,25)13-3-5-23(6-4-13)18(24-7-8-26-17(20)11-24)15-9-14-16(27-15)10-21-12-22-14/h9-10,12-13,17-18,25H,3-8,11H2,1-2H3. The van der Waals surface area contributed by atoms with Crippen LogP contribution in [0.3, 0.4) is 0 Å². The van der Waals surface area contributed by atoms with Crippen molar-refractivity contribution in [2.45, 2.75) is 44.0 Å². The van der Waals surface area contributed by atoms with E-state index in [1.54, 1.807) is 17.7 Å². The molecule has 0 aliphatic carbocycles. The molecule has 2 unspecified atom stereocenters. The van der Waals surface area contributed by atoms with Gasteiger partial charge in [0.2, 0.25) is 0 Å². The molecule has 2 aromatic rings. The molecular weight excluding hydrogens is 384 g/mol. The number of hydrogen-bond acceptors (Lipinski definition) is 7. The lowest BCUT2D eigenvalue weighted by Crippen LogP contribution is -2.51. The predicted molar refractivity (Wildman–Crippen MR) is 108 cm³/mol. The molecule has 2 aliphatic rings. The fraction of sp³-hybridized carbons (Fsp3) is 0.684. The van der Waals surface area contributed by atoms with Gasteiger partial charge < -0.3 is 9.84 Å². The van der Waals surface area contributed by atoms with Crippen LogP contribution in [0.4, 0.5) is 0 Å². The average molecular weight is 411 g/mol. The van der Waals surface area contributed by atoms with Crippen molar-refractivity contribution in [1.82, 2.24) is 19.8 Å². The highest BCUT2D eigenvalue weighted by Gasteiger charge is 2.37. The Morgan fingerprint density at radius 2 is 2.07 bits per heavy atom. The van der Waals surface area contributed by atoms with Crippen LogP contribution in [0.5, 0.6) is 0 Å². The van der Waals surface area contributed by atoms with Gasteiger partial charge in [-0.3, -0.25) is 9.80 Å². The maximum Gasteiger partial charge on any atom is 0.143 e. The number of likely N-dealkylation sites (tertiary alicyclic amines) is 1. The van der Waals surface area contributed by atoms with Crippen LogP contribution in [0.1, 0.15) is 37.7 Å². The van der Waals surface area contributed by atoms with Gasteiger partial charge >= 0.3 is 0 Å². The fourth-order valence-electron chi connectivity index (χ4n) is 4.22. The van der Waals surface area contributed by atoms with E-state index < -0.39 is 5.60 Å². The van der Waals surface area contributed by atoms with E-state index in [4.69, 9.17) is 16.3 Å². The number of rotatable bonds is 4. The second-order valence-electron chi connectivity index (χ2n) is 8.03. The van der Waals surface area contributed by atoms with E-state index in [2.05, 4.69) is 25.8 Å². The predicted octanol–water partition coefficient (Wildman–Crippen LogP) is 3.07. The topological polar surface area (TPSA) is 61.7 Å². The highest BCUT2D eigenvalue weighted by molar-refractivity contribution is 7.19. The Labute approximate surface area is 169 Å². The largest absolute Gasteiger partial charge is 0.390 e. The summed E-state index contributed by atoms with van der Waals surface area (Å²) in [4.78, 5) is 14.8. The lowest BCUT2D eigenvalue weighted by atomic mass is 9.83. The zero-order chi connectivity index (χ0) is 19.0. The van der Waals surface area contributed by atoms with Crippen LogP contribution >= 0.6 is 22.9 Å². The Kier molecular flexibility index (Phi) is 5.69. The van der Waals surface area contributed by atoms with Crippen molar-refractivity contribution >= 4 is 33.2 Å². The van der Waals surface area contributed by atoms with Gasteiger partial charge in [-0.25, -0.2) is 9.97 Å². The molecule has 8 heteroatoms. The van der Waals surface area contributed by atoms with Crippen LogP contribution in [0, 0.1) is 5.92 Å². The number of nitrogens with zero attached hydrogens (tertiary/aromatic N) is 4. The van der Waals surface area contributed by atoms with E-state index in [9.17, 15) is 5.11 Å².